The molecule has 1 aliphatic rings. The van der Waals surface area contributed by atoms with Crippen molar-refractivity contribution in [3.05, 3.63) is 0 Å². The van der Waals surface area contributed by atoms with E-state index in [4.69, 9.17) is 13.8 Å². The van der Waals surface area contributed by atoms with Gasteiger partial charge in [-0.1, -0.05) is 0 Å². The molecule has 8 heavy (non-hydrogen) atoms. The summed E-state index contributed by atoms with van der Waals surface area (Å²) in [5.74, 6) is 0. The van der Waals surface area contributed by atoms with Crippen LogP contribution in [0, 0.1) is 0 Å². The van der Waals surface area contributed by atoms with Gasteiger partial charge in [0, 0.05) is 0 Å². The Labute approximate surface area is 58.8 Å². The fourth-order valence-corrected chi connectivity index (χ4v) is 1.96. The zero-order valence-corrected chi connectivity index (χ0v) is 6.54. The van der Waals surface area contributed by atoms with Gasteiger partial charge in [-0.2, -0.15) is 0 Å². The Bertz CT molecular complexity index is 80.4. The molecule has 2 atom stereocenters. The summed E-state index contributed by atoms with van der Waals surface area (Å²) >= 11 is -0.409. The van der Waals surface area contributed by atoms with Crippen LogP contribution in [0.4, 0.5) is 0 Å². The van der Waals surface area contributed by atoms with E-state index in [1.54, 1.807) is 0 Å². The Balaban J connectivity index is 2.30. The van der Waals surface area contributed by atoms with Crippen LogP contribution in [0.25, 0.3) is 0 Å². The number of nitrogens with two attached hydrogens (primary N) is 1. The van der Waals surface area contributed by atoms with Crippen LogP contribution >= 0.6 is 0 Å². The van der Waals surface area contributed by atoms with Crippen LogP contribution in [-0.2, 0) is 4.74 Å². The summed E-state index contributed by atoms with van der Waals surface area (Å²) in [6, 6.07) is 0. The van der Waals surface area contributed by atoms with Crippen molar-refractivity contribution in [1.29, 1.82) is 0 Å². The van der Waals surface area contributed by atoms with Gasteiger partial charge in [-0.3, -0.25) is 0 Å². The SMILES string of the molecule is N[I-][C@H]1OCC[C@H]1O. The van der Waals surface area contributed by atoms with Crippen LogP contribution < -0.4 is 25.4 Å². The summed E-state index contributed by atoms with van der Waals surface area (Å²) in [6.45, 7) is 0.683. The predicted octanol–water partition coefficient (Wildman–Crippen LogP) is -3.94. The molecule has 0 aromatic heterocycles. The molecule has 0 unspecified atom stereocenters. The van der Waals surface area contributed by atoms with Crippen molar-refractivity contribution in [3.63, 3.8) is 0 Å². The summed E-state index contributed by atoms with van der Waals surface area (Å²) in [7, 11) is 0. The Morgan fingerprint density at radius 2 is 2.50 bits per heavy atom. The first kappa shape index (κ1) is 6.73. The second-order valence-electron chi connectivity index (χ2n) is 1.70. The second kappa shape index (κ2) is 2.95. The van der Waals surface area contributed by atoms with Crippen molar-refractivity contribution >= 4 is 0 Å². The molecule has 0 spiro atoms. The first-order valence-electron chi connectivity index (χ1n) is 2.46. The van der Waals surface area contributed by atoms with Gasteiger partial charge in [0.25, 0.3) is 0 Å². The molecule has 1 fully saturated rings. The van der Waals surface area contributed by atoms with Gasteiger partial charge < -0.3 is 0 Å². The van der Waals surface area contributed by atoms with Gasteiger partial charge in [0.05, 0.1) is 0 Å². The number of ether oxygens (including phenoxy) is 1. The number of alkyl halides is 1. The van der Waals surface area contributed by atoms with Crippen LogP contribution in [0.2, 0.25) is 0 Å². The van der Waals surface area contributed by atoms with E-state index in [2.05, 4.69) is 0 Å². The minimum atomic E-state index is -0.409. The normalized spacial score (nSPS) is 38.8. The van der Waals surface area contributed by atoms with Crippen LogP contribution in [-0.4, -0.2) is 21.9 Å². The molecular formula is C4H9INO2-. The summed E-state index contributed by atoms with van der Waals surface area (Å²) in [5, 5.41) is 9.01. The van der Waals surface area contributed by atoms with Crippen molar-refractivity contribution < 1.29 is 31.3 Å². The van der Waals surface area contributed by atoms with Gasteiger partial charge in [0.2, 0.25) is 0 Å². The monoisotopic (exact) mass is 230 g/mol. The third-order valence-electron chi connectivity index (χ3n) is 1.12. The average Bonchev–Trinajstić information content (AvgIpc) is 2.14. The third kappa shape index (κ3) is 1.31. The molecular weight excluding hydrogens is 221 g/mol. The van der Waals surface area contributed by atoms with E-state index in [1.165, 1.54) is 0 Å². The van der Waals surface area contributed by atoms with E-state index >= 15 is 0 Å². The molecule has 0 aliphatic carbocycles. The second-order valence-corrected chi connectivity index (χ2v) is 3.65. The third-order valence-corrected chi connectivity index (χ3v) is 3.02. The standard InChI is InChI=1S/C4H9INO2/c6-5-4-3(7)1-2-8-4/h3-4,7H,1-2,6H2/q-1/t3-,4+/m1/s1. The van der Waals surface area contributed by atoms with Crippen molar-refractivity contribution in [1.82, 2.24) is 0 Å². The topological polar surface area (TPSA) is 55.5 Å². The predicted molar refractivity (Wildman–Crippen MR) is 24.6 cm³/mol. The van der Waals surface area contributed by atoms with Gasteiger partial charge in [-0.25, -0.2) is 0 Å². The maximum atomic E-state index is 9.01. The molecule has 3 nitrogen and oxygen atoms in total. The number of hydrogen-bond donors (Lipinski definition) is 2. The number of rotatable bonds is 1. The van der Waals surface area contributed by atoms with E-state index in [-0.39, 0.29) is 10.2 Å². The Morgan fingerprint density at radius 1 is 1.75 bits per heavy atom. The fraction of sp³-hybridized carbons (Fsp3) is 1.00. The molecule has 1 rings (SSSR count). The molecule has 0 amide bonds. The van der Waals surface area contributed by atoms with E-state index in [0.29, 0.717) is 6.61 Å². The van der Waals surface area contributed by atoms with Crippen LogP contribution in [0.5, 0.6) is 0 Å². The Morgan fingerprint density at radius 3 is 2.75 bits per heavy atom. The van der Waals surface area contributed by atoms with Crippen molar-refractivity contribution in [2.45, 2.75) is 16.6 Å². The van der Waals surface area contributed by atoms with E-state index < -0.39 is 21.5 Å². The van der Waals surface area contributed by atoms with Crippen molar-refractivity contribution in [2.75, 3.05) is 6.61 Å². The summed E-state index contributed by atoms with van der Waals surface area (Å²) in [6.07, 6.45) is 0.495. The van der Waals surface area contributed by atoms with Gasteiger partial charge in [0.1, 0.15) is 0 Å². The average molecular weight is 230 g/mol. The minimum absolute atomic E-state index is 0.00815. The maximum absolute atomic E-state index is 9.01. The fourth-order valence-electron chi connectivity index (χ4n) is 0.664. The number of aliphatic hydroxyl groups is 1. The molecule has 1 saturated heterocycles. The first-order valence-corrected chi connectivity index (χ1v) is 4.95. The molecule has 3 N–H and O–H groups in total. The molecule has 1 aliphatic heterocycles. The molecule has 1 heterocycles. The molecule has 0 bridgehead atoms. The van der Waals surface area contributed by atoms with Crippen LogP contribution in [0.1, 0.15) is 6.42 Å². The summed E-state index contributed by atoms with van der Waals surface area (Å²) in [4.78, 5) is 0. The van der Waals surface area contributed by atoms with E-state index in [1.807, 2.05) is 0 Å². The number of aliphatic hydroxyl groups excluding tert-OH is 1. The molecule has 0 aromatic carbocycles. The number of halogens is 1. The van der Waals surface area contributed by atoms with Gasteiger partial charge in [0.15, 0.2) is 0 Å². The molecule has 0 aromatic rings. The summed E-state index contributed by atoms with van der Waals surface area (Å²) < 4.78 is 10.4. The van der Waals surface area contributed by atoms with Gasteiger partial charge >= 0.3 is 58.5 Å². The number of hydrogen-bond acceptors (Lipinski definition) is 3. The molecule has 0 saturated carbocycles. The van der Waals surface area contributed by atoms with Crippen LogP contribution in [0.15, 0.2) is 0 Å². The Kier molecular flexibility index (Phi) is 2.48. The van der Waals surface area contributed by atoms with Gasteiger partial charge in [-0.05, 0) is 0 Å². The molecule has 50 valence electrons. The van der Waals surface area contributed by atoms with Crippen LogP contribution in [0.3, 0.4) is 0 Å². The summed E-state index contributed by atoms with van der Waals surface area (Å²) in [5.41, 5.74) is 0. The van der Waals surface area contributed by atoms with E-state index in [9.17, 15) is 0 Å². The van der Waals surface area contributed by atoms with E-state index in [0.717, 1.165) is 6.42 Å². The van der Waals surface area contributed by atoms with Crippen molar-refractivity contribution in [3.8, 4) is 0 Å². The van der Waals surface area contributed by atoms with Gasteiger partial charge in [-0.15, -0.1) is 0 Å². The van der Waals surface area contributed by atoms with Crippen molar-refractivity contribution in [2.24, 2.45) is 3.95 Å². The molecule has 0 radical (unpaired) electrons. The first-order chi connectivity index (χ1) is 3.84. The Hall–Kier alpha value is 0.610. The zero-order valence-electron chi connectivity index (χ0n) is 4.38. The molecule has 4 heteroatoms. The quantitative estimate of drug-likeness (QED) is 0.275. The zero-order chi connectivity index (χ0) is 5.98.